The van der Waals surface area contributed by atoms with Gasteiger partial charge in [-0.1, -0.05) is 79.1 Å². The molecule has 2 N–H and O–H groups in total. The van der Waals surface area contributed by atoms with Crippen LogP contribution in [0.5, 0.6) is 11.5 Å². The van der Waals surface area contributed by atoms with Gasteiger partial charge in [-0.25, -0.2) is 4.79 Å². The van der Waals surface area contributed by atoms with E-state index < -0.39 is 5.97 Å². The summed E-state index contributed by atoms with van der Waals surface area (Å²) in [5.41, 5.74) is 2.80. The number of unbranched alkanes of at least 4 members (excludes halogenated alkanes) is 8. The number of carboxylic acids is 1. The fraction of sp³-hybridized carbons (Fsp3) is 0.741. The third kappa shape index (κ3) is 9.01. The van der Waals surface area contributed by atoms with Crippen LogP contribution in [0.15, 0.2) is 0 Å². The Balaban J connectivity index is 3.48. The highest BCUT2D eigenvalue weighted by Gasteiger charge is 2.28. The van der Waals surface area contributed by atoms with Crippen molar-refractivity contribution in [2.24, 2.45) is 0 Å². The fourth-order valence-electron chi connectivity index (χ4n) is 4.20. The lowest BCUT2D eigenvalue weighted by atomic mass is 9.86. The van der Waals surface area contributed by atoms with Gasteiger partial charge in [0.1, 0.15) is 5.56 Å². The van der Waals surface area contributed by atoms with Crippen molar-refractivity contribution in [3.05, 3.63) is 22.3 Å². The molecule has 0 bridgehead atoms. The van der Waals surface area contributed by atoms with E-state index in [0.717, 1.165) is 107 Å². The second-order valence-electron chi connectivity index (χ2n) is 8.78. The third-order valence-electron chi connectivity index (χ3n) is 6.03. The van der Waals surface area contributed by atoms with Crippen molar-refractivity contribution >= 4 is 5.97 Å². The molecule has 0 spiro atoms. The zero-order chi connectivity index (χ0) is 23.8. The summed E-state index contributed by atoms with van der Waals surface area (Å²) in [5, 5.41) is 21.1. The summed E-state index contributed by atoms with van der Waals surface area (Å²) < 4.78 is 0. The maximum absolute atomic E-state index is 12.2. The molecule has 0 saturated heterocycles. The van der Waals surface area contributed by atoms with Gasteiger partial charge < -0.3 is 15.1 Å². The topological polar surface area (TPSA) is 76.0 Å². The van der Waals surface area contributed by atoms with Gasteiger partial charge in [-0.15, -0.1) is 0 Å². The number of aromatic hydroxyl groups is 1. The van der Waals surface area contributed by atoms with Crippen molar-refractivity contribution < 1.29 is 24.8 Å². The van der Waals surface area contributed by atoms with Crippen LogP contribution in [0.2, 0.25) is 0 Å². The van der Waals surface area contributed by atoms with Gasteiger partial charge in [-0.3, -0.25) is 0 Å². The first kappa shape index (κ1) is 28.3. The van der Waals surface area contributed by atoms with Crippen molar-refractivity contribution in [1.82, 2.24) is 0 Å². The first-order chi connectivity index (χ1) is 15.5. The van der Waals surface area contributed by atoms with E-state index in [1.165, 1.54) is 0 Å². The minimum absolute atomic E-state index is 0.000925. The Morgan fingerprint density at radius 2 is 1.16 bits per heavy atom. The van der Waals surface area contributed by atoms with Crippen molar-refractivity contribution in [3.63, 3.8) is 0 Å². The first-order valence-corrected chi connectivity index (χ1v) is 12.9. The largest absolute Gasteiger partial charge is 0.504 e. The van der Waals surface area contributed by atoms with E-state index in [2.05, 4.69) is 27.7 Å². The van der Waals surface area contributed by atoms with Crippen LogP contribution in [-0.2, 0) is 24.2 Å². The van der Waals surface area contributed by atoms with Gasteiger partial charge in [0.25, 0.3) is 0 Å². The molecule has 0 atom stereocenters. The lowest BCUT2D eigenvalue weighted by Crippen LogP contribution is -2.14. The van der Waals surface area contributed by atoms with Gasteiger partial charge in [-0.2, -0.15) is 4.89 Å². The van der Waals surface area contributed by atoms with Crippen LogP contribution in [-0.4, -0.2) is 22.8 Å². The molecule has 1 rings (SSSR count). The molecule has 0 aliphatic carbocycles. The Bertz CT molecular complexity index is 669. The van der Waals surface area contributed by atoms with Gasteiger partial charge >= 0.3 is 5.97 Å². The molecule has 0 aromatic heterocycles. The Hall–Kier alpha value is -1.75. The normalized spacial score (nSPS) is 11.1. The average Bonchev–Trinajstić information content (AvgIpc) is 2.76. The molecule has 0 aliphatic heterocycles. The molecule has 0 heterocycles. The molecule has 0 amide bonds. The molecule has 5 nitrogen and oxygen atoms in total. The molecule has 0 fully saturated rings. The Morgan fingerprint density at radius 1 is 0.688 bits per heavy atom. The predicted molar refractivity (Wildman–Crippen MR) is 131 cm³/mol. The van der Waals surface area contributed by atoms with E-state index in [1.54, 1.807) is 0 Å². The van der Waals surface area contributed by atoms with E-state index in [4.69, 9.17) is 9.78 Å². The van der Waals surface area contributed by atoms with Gasteiger partial charge in [0, 0.05) is 5.56 Å². The summed E-state index contributed by atoms with van der Waals surface area (Å²) in [6.45, 7) is 9.02. The van der Waals surface area contributed by atoms with Crippen LogP contribution in [0, 0.1) is 0 Å². The van der Waals surface area contributed by atoms with Crippen LogP contribution in [0.25, 0.3) is 0 Å². The van der Waals surface area contributed by atoms with E-state index in [0.29, 0.717) is 13.0 Å². The molecule has 0 saturated carbocycles. The maximum atomic E-state index is 12.2. The monoisotopic (exact) mass is 450 g/mol. The summed E-state index contributed by atoms with van der Waals surface area (Å²) >= 11 is 0. The average molecular weight is 451 g/mol. The third-order valence-corrected chi connectivity index (χ3v) is 6.03. The number of carbonyl (C=O) groups is 1. The zero-order valence-electron chi connectivity index (χ0n) is 20.9. The predicted octanol–water partition coefficient (Wildman–Crippen LogP) is 7.79. The molecule has 0 unspecified atom stereocenters. The number of rotatable bonds is 19. The zero-order valence-corrected chi connectivity index (χ0v) is 20.9. The van der Waals surface area contributed by atoms with Crippen LogP contribution in [0.4, 0.5) is 0 Å². The Labute approximate surface area is 195 Å². The molecule has 32 heavy (non-hydrogen) atoms. The molecule has 0 radical (unpaired) electrons. The van der Waals surface area contributed by atoms with Gasteiger partial charge in [0.15, 0.2) is 5.75 Å². The number of phenols is 1. The van der Waals surface area contributed by atoms with Crippen molar-refractivity contribution in [1.29, 1.82) is 0 Å². The van der Waals surface area contributed by atoms with Crippen LogP contribution in [0.3, 0.4) is 0 Å². The number of benzene rings is 1. The quantitative estimate of drug-likeness (QED) is 0.128. The highest BCUT2D eigenvalue weighted by molar-refractivity contribution is 5.94. The lowest BCUT2D eigenvalue weighted by Gasteiger charge is -2.22. The summed E-state index contributed by atoms with van der Waals surface area (Å²) in [6.07, 6.45) is 14.6. The first-order valence-electron chi connectivity index (χ1n) is 12.9. The highest BCUT2D eigenvalue weighted by atomic mass is 17.2. The second-order valence-corrected chi connectivity index (χ2v) is 8.78. The Kier molecular flexibility index (Phi) is 14.9. The highest BCUT2D eigenvalue weighted by Crippen LogP contribution is 2.42. The number of hydrogen-bond acceptors (Lipinski definition) is 4. The molecule has 5 heteroatoms. The van der Waals surface area contributed by atoms with E-state index in [9.17, 15) is 15.0 Å². The smallest absolute Gasteiger partial charge is 0.339 e. The van der Waals surface area contributed by atoms with Crippen LogP contribution < -0.4 is 4.89 Å². The minimum Gasteiger partial charge on any atom is -0.504 e. The standard InChI is InChI=1S/C27H46O5/c1-5-9-13-17-21-22(18-14-10-6-2)24(27(29)30)25(28)26(23(21)19-15-11-7-3)32-31-20-16-12-8-4/h28H,5-20H2,1-4H3,(H,29,30). The summed E-state index contributed by atoms with van der Waals surface area (Å²) in [7, 11) is 0. The van der Waals surface area contributed by atoms with E-state index >= 15 is 0 Å². The van der Waals surface area contributed by atoms with Crippen LogP contribution >= 0.6 is 0 Å². The molecule has 0 aliphatic rings. The summed E-state index contributed by atoms with van der Waals surface area (Å²) in [4.78, 5) is 23.3. The molecular weight excluding hydrogens is 404 g/mol. The fourth-order valence-corrected chi connectivity index (χ4v) is 4.20. The summed E-state index contributed by atoms with van der Waals surface area (Å²) in [6, 6.07) is 0. The van der Waals surface area contributed by atoms with Crippen molar-refractivity contribution in [2.45, 2.75) is 124 Å². The van der Waals surface area contributed by atoms with Gasteiger partial charge in [0.05, 0.1) is 6.61 Å². The molecular formula is C27H46O5. The SMILES string of the molecule is CCCCCOOc1c(O)c(C(=O)O)c(CCCCC)c(CCCCC)c1CCCCC. The van der Waals surface area contributed by atoms with Gasteiger partial charge in [0.2, 0.25) is 5.75 Å². The summed E-state index contributed by atoms with van der Waals surface area (Å²) in [5.74, 6) is -1.15. The van der Waals surface area contributed by atoms with Crippen molar-refractivity contribution in [3.8, 4) is 11.5 Å². The number of carboxylic acid groups (broad SMARTS) is 1. The number of aromatic carboxylic acids is 1. The lowest BCUT2D eigenvalue weighted by molar-refractivity contribution is -0.208. The minimum atomic E-state index is -1.10. The molecule has 1 aromatic rings. The molecule has 184 valence electrons. The van der Waals surface area contributed by atoms with E-state index in [-0.39, 0.29) is 17.1 Å². The van der Waals surface area contributed by atoms with Crippen molar-refractivity contribution in [2.75, 3.05) is 6.61 Å². The maximum Gasteiger partial charge on any atom is 0.339 e. The van der Waals surface area contributed by atoms with Crippen LogP contribution in [0.1, 0.15) is 132 Å². The Morgan fingerprint density at radius 3 is 1.66 bits per heavy atom. The second kappa shape index (κ2) is 16.8. The number of hydrogen-bond donors (Lipinski definition) is 2. The van der Waals surface area contributed by atoms with E-state index in [1.807, 2.05) is 0 Å². The van der Waals surface area contributed by atoms with Gasteiger partial charge in [-0.05, 0) is 56.1 Å². The molecule has 1 aromatic carbocycles.